The highest BCUT2D eigenvalue weighted by atomic mass is 16.8. The molecule has 5 rings (SSSR count). The van der Waals surface area contributed by atoms with Crippen molar-refractivity contribution in [2.75, 3.05) is 34.0 Å². The molecule has 3 saturated heterocycles. The molecule has 3 aliphatic rings. The number of hydrogen-bond acceptors (Lipinski definition) is 19. The fourth-order valence-corrected chi connectivity index (χ4v) is 6.17. The Morgan fingerprint density at radius 2 is 1.42 bits per heavy atom. The summed E-state index contributed by atoms with van der Waals surface area (Å²) in [4.78, 5) is 12.9. The minimum Gasteiger partial charge on any atom is -0.504 e. The molecular weight excluding hydrogens is 736 g/mol. The Balaban J connectivity index is 1.41. The van der Waals surface area contributed by atoms with Gasteiger partial charge in [0.05, 0.1) is 33.5 Å². The second-order valence-corrected chi connectivity index (χ2v) is 13.2. The lowest BCUT2D eigenvalue weighted by molar-refractivity contribution is -0.380. The van der Waals surface area contributed by atoms with Gasteiger partial charge in [-0.05, 0) is 54.8 Å². The Morgan fingerprint density at radius 1 is 0.764 bits per heavy atom. The first-order valence-corrected chi connectivity index (χ1v) is 17.4. The Hall–Kier alpha value is -3.67. The van der Waals surface area contributed by atoms with E-state index >= 15 is 0 Å². The highest BCUT2D eigenvalue weighted by Crippen LogP contribution is 2.34. The minimum absolute atomic E-state index is 0.0765. The van der Waals surface area contributed by atoms with E-state index in [2.05, 4.69) is 0 Å². The SMILES string of the molecule is COc1cc(C=CC(=O)OC[C@H]2O[C@H](OCCc3ccc(O)c(OC)c3)[C@H](O)[C@@H](O[C@@H]3O[C@@H](C)[C@@H](O)[C@@H](O)[C@@H]3O)[C@H]2O[C@H]2OC[C@@H](O)[C@@H](O)[C@@H]2O)ccc1O. The molecule has 55 heavy (non-hydrogen) atoms. The van der Waals surface area contributed by atoms with Gasteiger partial charge in [-0.3, -0.25) is 0 Å². The Labute approximate surface area is 315 Å². The third kappa shape index (κ3) is 10.2. The van der Waals surface area contributed by atoms with Crippen molar-refractivity contribution >= 4 is 12.0 Å². The van der Waals surface area contributed by atoms with Crippen LogP contribution in [-0.4, -0.2) is 172 Å². The van der Waals surface area contributed by atoms with Crippen molar-refractivity contribution in [1.82, 2.24) is 0 Å². The zero-order chi connectivity index (χ0) is 40.0. The van der Waals surface area contributed by atoms with Crippen molar-refractivity contribution < 1.29 is 93.4 Å². The maximum atomic E-state index is 12.9. The molecule has 0 amide bonds. The van der Waals surface area contributed by atoms with Gasteiger partial charge in [0.15, 0.2) is 41.9 Å². The molecule has 3 aliphatic heterocycles. The molecule has 19 nitrogen and oxygen atoms in total. The number of hydrogen-bond donors (Lipinski definition) is 9. The van der Waals surface area contributed by atoms with E-state index in [9.17, 15) is 50.8 Å². The molecule has 0 aromatic heterocycles. The van der Waals surface area contributed by atoms with E-state index in [1.54, 1.807) is 12.1 Å². The van der Waals surface area contributed by atoms with E-state index in [1.807, 2.05) is 0 Å². The van der Waals surface area contributed by atoms with E-state index in [1.165, 1.54) is 51.5 Å². The predicted molar refractivity (Wildman–Crippen MR) is 183 cm³/mol. The molecular formula is C36H48O19. The van der Waals surface area contributed by atoms with Gasteiger partial charge in [-0.1, -0.05) is 12.1 Å². The third-order valence-electron chi connectivity index (χ3n) is 9.38. The molecule has 0 bridgehead atoms. The lowest BCUT2D eigenvalue weighted by Gasteiger charge is -2.48. The number of phenolic OH excluding ortho intramolecular Hbond substituents is 2. The van der Waals surface area contributed by atoms with Crippen LogP contribution in [0.15, 0.2) is 42.5 Å². The number of methoxy groups -OCH3 is 2. The number of phenols is 2. The maximum Gasteiger partial charge on any atom is 0.330 e. The molecule has 14 atom stereocenters. The number of aliphatic hydroxyl groups excluding tert-OH is 7. The molecule has 19 heteroatoms. The number of aliphatic hydroxyl groups is 7. The van der Waals surface area contributed by atoms with Gasteiger partial charge in [0.1, 0.15) is 67.6 Å². The van der Waals surface area contributed by atoms with Crippen LogP contribution in [-0.2, 0) is 44.4 Å². The molecule has 2 aromatic carbocycles. The summed E-state index contributed by atoms with van der Waals surface area (Å²) < 4.78 is 50.9. The van der Waals surface area contributed by atoms with E-state index in [0.717, 1.165) is 6.08 Å². The van der Waals surface area contributed by atoms with Gasteiger partial charge in [0.25, 0.3) is 0 Å². The van der Waals surface area contributed by atoms with E-state index in [4.69, 9.17) is 42.6 Å². The summed E-state index contributed by atoms with van der Waals surface area (Å²) in [5.74, 6) is -0.674. The van der Waals surface area contributed by atoms with Crippen molar-refractivity contribution in [3.8, 4) is 23.0 Å². The first kappa shape index (κ1) is 42.5. The smallest absolute Gasteiger partial charge is 0.330 e. The summed E-state index contributed by atoms with van der Waals surface area (Å²) >= 11 is 0. The standard InChI is InChI=1S/C36H48O19/c1-16-26(41)28(43)30(45)36(52-16)55-33-31(46)35(49-11-10-18-5-8-20(38)23(13-18)48-3)53-24(32(33)54-34-29(44)27(42)21(39)14-51-34)15-50-25(40)9-6-17-4-7-19(37)22(12-17)47-2/h4-9,12-13,16,21,24,26-39,41-46H,10-11,14-15H2,1-3H3/t16-,21+,24+,26+,27+,28+,29-,30-,31+,32-,33+,34+,35-,36-/m0/s1. The molecule has 0 unspecified atom stereocenters. The fourth-order valence-electron chi connectivity index (χ4n) is 6.17. The summed E-state index contributed by atoms with van der Waals surface area (Å²) in [6, 6.07) is 9.02. The topological polar surface area (TPSA) is 282 Å². The number of esters is 1. The monoisotopic (exact) mass is 784 g/mol. The van der Waals surface area contributed by atoms with Crippen LogP contribution in [0.3, 0.4) is 0 Å². The van der Waals surface area contributed by atoms with Crippen LogP contribution in [0, 0.1) is 0 Å². The van der Waals surface area contributed by atoms with Crippen LogP contribution in [0.25, 0.3) is 6.08 Å². The summed E-state index contributed by atoms with van der Waals surface area (Å²) in [5, 5.41) is 94.1. The van der Waals surface area contributed by atoms with Gasteiger partial charge in [0.2, 0.25) is 0 Å². The normalized spacial score (nSPS) is 35.4. The second kappa shape index (κ2) is 19.0. The molecule has 9 N–H and O–H groups in total. The van der Waals surface area contributed by atoms with Crippen LogP contribution in [0.4, 0.5) is 0 Å². The molecule has 306 valence electrons. The predicted octanol–water partition coefficient (Wildman–Crippen LogP) is -1.95. The number of carbonyl (C=O) groups is 1. The van der Waals surface area contributed by atoms with Crippen LogP contribution in [0.2, 0.25) is 0 Å². The van der Waals surface area contributed by atoms with Crippen molar-refractivity contribution in [1.29, 1.82) is 0 Å². The van der Waals surface area contributed by atoms with Gasteiger partial charge < -0.3 is 88.6 Å². The van der Waals surface area contributed by atoms with Gasteiger partial charge in [-0.2, -0.15) is 0 Å². The Morgan fingerprint density at radius 3 is 2.13 bits per heavy atom. The van der Waals surface area contributed by atoms with Crippen LogP contribution >= 0.6 is 0 Å². The first-order chi connectivity index (χ1) is 26.2. The van der Waals surface area contributed by atoms with Crippen LogP contribution in [0.5, 0.6) is 23.0 Å². The van der Waals surface area contributed by atoms with Crippen molar-refractivity contribution in [2.45, 2.75) is 99.4 Å². The fraction of sp³-hybridized carbons (Fsp3) is 0.583. The molecule has 3 heterocycles. The molecule has 2 aromatic rings. The van der Waals surface area contributed by atoms with E-state index < -0.39 is 105 Å². The van der Waals surface area contributed by atoms with Crippen molar-refractivity contribution in [3.63, 3.8) is 0 Å². The summed E-state index contributed by atoms with van der Waals surface area (Å²) in [6.45, 7) is 0.265. The van der Waals surface area contributed by atoms with E-state index in [0.29, 0.717) is 11.1 Å². The highest BCUT2D eigenvalue weighted by Gasteiger charge is 2.53. The summed E-state index contributed by atoms with van der Waals surface area (Å²) in [7, 11) is 2.75. The Bertz CT molecular complexity index is 1590. The lowest BCUT2D eigenvalue weighted by atomic mass is 9.96. The third-order valence-corrected chi connectivity index (χ3v) is 9.38. The zero-order valence-electron chi connectivity index (χ0n) is 30.1. The summed E-state index contributed by atoms with van der Waals surface area (Å²) in [6.07, 6.45) is -19.6. The van der Waals surface area contributed by atoms with Crippen LogP contribution in [0.1, 0.15) is 18.1 Å². The summed E-state index contributed by atoms with van der Waals surface area (Å²) in [5.41, 5.74) is 1.16. The minimum atomic E-state index is -1.83. The molecule has 0 radical (unpaired) electrons. The number of aromatic hydroxyl groups is 2. The van der Waals surface area contributed by atoms with Gasteiger partial charge in [0, 0.05) is 6.08 Å². The van der Waals surface area contributed by atoms with Crippen molar-refractivity contribution in [2.24, 2.45) is 0 Å². The number of ether oxygens (including phenoxy) is 9. The quantitative estimate of drug-likeness (QED) is 0.0744. The number of benzene rings is 2. The van der Waals surface area contributed by atoms with E-state index in [-0.39, 0.29) is 36.0 Å². The maximum absolute atomic E-state index is 12.9. The Kier molecular flexibility index (Phi) is 14.7. The number of rotatable bonds is 14. The second-order valence-electron chi connectivity index (χ2n) is 13.2. The largest absolute Gasteiger partial charge is 0.504 e. The number of carbonyl (C=O) groups excluding carboxylic acids is 1. The molecule has 0 spiro atoms. The lowest BCUT2D eigenvalue weighted by Crippen LogP contribution is -2.66. The van der Waals surface area contributed by atoms with Gasteiger partial charge in [-0.25, -0.2) is 4.79 Å². The molecule has 3 fully saturated rings. The van der Waals surface area contributed by atoms with Crippen LogP contribution < -0.4 is 9.47 Å². The van der Waals surface area contributed by atoms with Gasteiger partial charge in [-0.15, -0.1) is 0 Å². The average Bonchev–Trinajstić information content (AvgIpc) is 3.17. The highest BCUT2D eigenvalue weighted by molar-refractivity contribution is 5.87. The average molecular weight is 785 g/mol. The van der Waals surface area contributed by atoms with Gasteiger partial charge >= 0.3 is 5.97 Å². The first-order valence-electron chi connectivity index (χ1n) is 17.4. The molecule has 0 aliphatic carbocycles. The molecule has 0 saturated carbocycles. The van der Waals surface area contributed by atoms with Crippen molar-refractivity contribution in [3.05, 3.63) is 53.6 Å². The zero-order valence-corrected chi connectivity index (χ0v) is 30.1.